The molecular weight excluding hydrogens is 408 g/mol. The van der Waals surface area contributed by atoms with Gasteiger partial charge >= 0.3 is 0 Å². The van der Waals surface area contributed by atoms with E-state index in [-0.39, 0.29) is 11.8 Å². The molecule has 0 bridgehead atoms. The highest BCUT2D eigenvalue weighted by Gasteiger charge is 2.27. The van der Waals surface area contributed by atoms with Crippen molar-refractivity contribution in [1.29, 1.82) is 0 Å². The number of pyridine rings is 1. The van der Waals surface area contributed by atoms with Gasteiger partial charge < -0.3 is 10.1 Å². The first-order chi connectivity index (χ1) is 14.0. The number of hydrogen-bond donors (Lipinski definition) is 1. The van der Waals surface area contributed by atoms with Gasteiger partial charge in [-0.15, -0.1) is 0 Å². The van der Waals surface area contributed by atoms with E-state index in [4.69, 9.17) is 4.74 Å². The lowest BCUT2D eigenvalue weighted by Crippen LogP contribution is -2.42. The van der Waals surface area contributed by atoms with Gasteiger partial charge in [0.1, 0.15) is 0 Å². The fraction of sp³-hybridized carbons (Fsp3) is 0.400. The van der Waals surface area contributed by atoms with Crippen LogP contribution in [-0.2, 0) is 10.0 Å². The molecule has 1 aromatic carbocycles. The smallest absolute Gasteiger partial charge is 0.273 e. The molecule has 0 unspecified atom stereocenters. The fourth-order valence-corrected chi connectivity index (χ4v) is 5.48. The molecule has 7 nitrogen and oxygen atoms in total. The molecule has 0 saturated carbocycles. The Morgan fingerprint density at radius 2 is 2.07 bits per heavy atom. The Bertz CT molecular complexity index is 1110. The third-order valence-corrected chi connectivity index (χ3v) is 8.16. The predicted octanol–water partition coefficient (Wildman–Crippen LogP) is 3.59. The maximum atomic E-state index is 12.1. The SMILES string of the molecule is CCS(=O)(=O)N1CCC(Nc2cc(-c3cnc(OC)s3)cc3ccncc23)CC1. The zero-order valence-corrected chi connectivity index (χ0v) is 18.1. The summed E-state index contributed by atoms with van der Waals surface area (Å²) in [6.45, 7) is 2.80. The second-order valence-corrected chi connectivity index (χ2v) is 10.3. The Labute approximate surface area is 174 Å². The summed E-state index contributed by atoms with van der Waals surface area (Å²) in [5.41, 5.74) is 2.08. The van der Waals surface area contributed by atoms with Gasteiger partial charge in [-0.3, -0.25) is 4.98 Å². The lowest BCUT2D eigenvalue weighted by molar-refractivity contribution is 0.330. The number of fused-ring (bicyclic) bond motifs is 1. The summed E-state index contributed by atoms with van der Waals surface area (Å²) in [4.78, 5) is 9.60. The molecule has 0 spiro atoms. The van der Waals surface area contributed by atoms with Gasteiger partial charge in [0, 0.05) is 48.8 Å². The van der Waals surface area contributed by atoms with E-state index in [1.807, 2.05) is 18.5 Å². The van der Waals surface area contributed by atoms with Gasteiger partial charge in [0.25, 0.3) is 5.19 Å². The van der Waals surface area contributed by atoms with Crippen LogP contribution in [0.3, 0.4) is 0 Å². The second-order valence-electron chi connectivity index (χ2n) is 7.03. The van der Waals surface area contributed by atoms with E-state index in [0.717, 1.165) is 39.7 Å². The first-order valence-corrected chi connectivity index (χ1v) is 12.0. The number of hydrogen-bond acceptors (Lipinski definition) is 7. The Hall–Kier alpha value is -2.23. The third kappa shape index (κ3) is 4.22. The molecular formula is C20H24N4O3S2. The summed E-state index contributed by atoms with van der Waals surface area (Å²) in [6, 6.07) is 6.46. The van der Waals surface area contributed by atoms with E-state index in [1.54, 1.807) is 24.5 Å². The number of nitrogens with one attached hydrogen (secondary N) is 1. The normalized spacial score (nSPS) is 16.2. The molecule has 9 heteroatoms. The average Bonchev–Trinajstić information content (AvgIpc) is 3.23. The molecule has 4 rings (SSSR count). The summed E-state index contributed by atoms with van der Waals surface area (Å²) in [7, 11) is -1.50. The lowest BCUT2D eigenvalue weighted by Gasteiger charge is -2.32. The minimum atomic E-state index is -3.12. The molecule has 2 aromatic heterocycles. The van der Waals surface area contributed by atoms with Gasteiger partial charge in [0.05, 0.1) is 17.7 Å². The molecule has 1 fully saturated rings. The van der Waals surface area contributed by atoms with Crippen LogP contribution in [0.1, 0.15) is 19.8 Å². The Balaban J connectivity index is 1.60. The average molecular weight is 433 g/mol. The van der Waals surface area contributed by atoms with Gasteiger partial charge in [-0.1, -0.05) is 11.3 Å². The number of sulfonamides is 1. The number of aromatic nitrogens is 2. The standard InChI is InChI=1S/C20H24N4O3S2/c1-3-29(25,26)24-8-5-16(6-9-24)23-18-11-15(19-13-22-20(27-2)28-19)10-14-4-7-21-12-17(14)18/h4,7,10-13,16,23H,3,5-6,8-9H2,1-2H3. The highest BCUT2D eigenvalue weighted by atomic mass is 32.2. The minimum Gasteiger partial charge on any atom is -0.473 e. The number of ether oxygens (including phenoxy) is 1. The van der Waals surface area contributed by atoms with Gasteiger partial charge in [-0.25, -0.2) is 17.7 Å². The molecule has 154 valence electrons. The van der Waals surface area contributed by atoms with Crippen molar-refractivity contribution in [3.05, 3.63) is 36.8 Å². The highest BCUT2D eigenvalue weighted by Crippen LogP contribution is 2.36. The van der Waals surface area contributed by atoms with Crippen LogP contribution in [0.25, 0.3) is 21.2 Å². The summed E-state index contributed by atoms with van der Waals surface area (Å²) in [5, 5.41) is 6.42. The Morgan fingerprint density at radius 1 is 1.28 bits per heavy atom. The zero-order valence-electron chi connectivity index (χ0n) is 16.5. The maximum absolute atomic E-state index is 12.1. The first kappa shape index (κ1) is 20.1. The van der Waals surface area contributed by atoms with Crippen molar-refractivity contribution in [2.24, 2.45) is 0 Å². The van der Waals surface area contributed by atoms with Crippen molar-refractivity contribution < 1.29 is 13.2 Å². The summed E-state index contributed by atoms with van der Waals surface area (Å²) >= 11 is 1.50. The highest BCUT2D eigenvalue weighted by molar-refractivity contribution is 7.89. The van der Waals surface area contributed by atoms with Crippen LogP contribution in [0.2, 0.25) is 0 Å². The number of methoxy groups -OCH3 is 1. The van der Waals surface area contributed by atoms with E-state index < -0.39 is 10.0 Å². The lowest BCUT2D eigenvalue weighted by atomic mass is 10.0. The second kappa shape index (κ2) is 8.25. The fourth-order valence-electron chi connectivity index (χ4n) is 3.63. The summed E-state index contributed by atoms with van der Waals surface area (Å²) in [6.07, 6.45) is 7.03. The maximum Gasteiger partial charge on any atom is 0.273 e. The molecule has 0 amide bonds. The largest absolute Gasteiger partial charge is 0.473 e. The number of piperidine rings is 1. The molecule has 3 heterocycles. The van der Waals surface area contributed by atoms with Gasteiger partial charge in [-0.05, 0) is 48.9 Å². The number of anilines is 1. The summed E-state index contributed by atoms with van der Waals surface area (Å²) in [5.74, 6) is 0.155. The molecule has 0 atom stereocenters. The molecule has 1 saturated heterocycles. The monoisotopic (exact) mass is 432 g/mol. The topological polar surface area (TPSA) is 84.4 Å². The van der Waals surface area contributed by atoms with Gasteiger partial charge in [0.15, 0.2) is 0 Å². The van der Waals surface area contributed by atoms with E-state index >= 15 is 0 Å². The van der Waals surface area contributed by atoms with Crippen LogP contribution in [-0.4, -0.2) is 54.7 Å². The van der Waals surface area contributed by atoms with Crippen molar-refractivity contribution in [2.45, 2.75) is 25.8 Å². The predicted molar refractivity (Wildman–Crippen MR) is 117 cm³/mol. The molecule has 1 aliphatic heterocycles. The van der Waals surface area contributed by atoms with E-state index in [9.17, 15) is 8.42 Å². The number of rotatable bonds is 6. The quantitative estimate of drug-likeness (QED) is 0.641. The van der Waals surface area contributed by atoms with E-state index in [0.29, 0.717) is 18.3 Å². The number of thiazole rings is 1. The molecule has 1 aliphatic rings. The van der Waals surface area contributed by atoms with Gasteiger partial charge in [-0.2, -0.15) is 0 Å². The van der Waals surface area contributed by atoms with Crippen molar-refractivity contribution in [2.75, 3.05) is 31.3 Å². The third-order valence-electron chi connectivity index (χ3n) is 5.27. The number of nitrogens with zero attached hydrogens (tertiary/aromatic N) is 3. The molecule has 1 N–H and O–H groups in total. The van der Waals surface area contributed by atoms with Crippen LogP contribution in [0.15, 0.2) is 36.8 Å². The molecule has 29 heavy (non-hydrogen) atoms. The van der Waals surface area contributed by atoms with Crippen LogP contribution >= 0.6 is 11.3 Å². The van der Waals surface area contributed by atoms with Crippen molar-refractivity contribution in [1.82, 2.24) is 14.3 Å². The van der Waals surface area contributed by atoms with E-state index in [1.165, 1.54) is 11.3 Å². The van der Waals surface area contributed by atoms with Crippen LogP contribution < -0.4 is 10.1 Å². The van der Waals surface area contributed by atoms with Crippen LogP contribution in [0, 0.1) is 0 Å². The Morgan fingerprint density at radius 3 is 2.76 bits per heavy atom. The van der Waals surface area contributed by atoms with E-state index in [2.05, 4.69) is 27.4 Å². The van der Waals surface area contributed by atoms with Gasteiger partial charge in [0.2, 0.25) is 10.0 Å². The van der Waals surface area contributed by atoms with Crippen molar-refractivity contribution in [3.8, 4) is 15.6 Å². The summed E-state index contributed by atoms with van der Waals surface area (Å²) < 4.78 is 31.0. The van der Waals surface area contributed by atoms with Crippen LogP contribution in [0.5, 0.6) is 5.19 Å². The van der Waals surface area contributed by atoms with Crippen LogP contribution in [0.4, 0.5) is 5.69 Å². The number of benzene rings is 1. The minimum absolute atomic E-state index is 0.155. The van der Waals surface area contributed by atoms with Crippen molar-refractivity contribution in [3.63, 3.8) is 0 Å². The molecule has 0 radical (unpaired) electrons. The Kier molecular flexibility index (Phi) is 5.71. The molecule has 0 aliphatic carbocycles. The van der Waals surface area contributed by atoms with Crippen molar-refractivity contribution >= 4 is 37.8 Å². The molecule has 3 aromatic rings. The zero-order chi connectivity index (χ0) is 20.4. The first-order valence-electron chi connectivity index (χ1n) is 9.62.